The van der Waals surface area contributed by atoms with Gasteiger partial charge in [0.2, 0.25) is 16.7 Å². The number of halogens is 2. The van der Waals surface area contributed by atoms with Crippen LogP contribution in [0.1, 0.15) is 40.5 Å². The fraction of sp³-hybridized carbons (Fsp3) is 0.520. The highest BCUT2D eigenvalue weighted by Gasteiger charge is 2.16. The van der Waals surface area contributed by atoms with E-state index in [1.165, 1.54) is 24.9 Å². The van der Waals surface area contributed by atoms with Gasteiger partial charge in [-0.3, -0.25) is 14.3 Å². The van der Waals surface area contributed by atoms with Gasteiger partial charge in [0.05, 0.1) is 17.9 Å². The number of rotatable bonds is 8. The summed E-state index contributed by atoms with van der Waals surface area (Å²) >= 11 is 9.68. The van der Waals surface area contributed by atoms with Gasteiger partial charge < -0.3 is 15.4 Å². The summed E-state index contributed by atoms with van der Waals surface area (Å²) in [5, 5.41) is 7.25. The van der Waals surface area contributed by atoms with Crippen LogP contribution in [0, 0.1) is 5.82 Å². The Morgan fingerprint density at radius 1 is 1.20 bits per heavy atom. The van der Waals surface area contributed by atoms with Crippen molar-refractivity contribution in [3.05, 3.63) is 37.4 Å². The van der Waals surface area contributed by atoms with Gasteiger partial charge in [-0.15, -0.1) is 11.8 Å². The van der Waals surface area contributed by atoms with Gasteiger partial charge in [0.15, 0.2) is 5.16 Å². The predicted octanol–water partition coefficient (Wildman–Crippen LogP) is 5.03. The van der Waals surface area contributed by atoms with E-state index in [0.29, 0.717) is 34.7 Å². The van der Waals surface area contributed by atoms with Crippen molar-refractivity contribution in [2.75, 3.05) is 36.3 Å². The average Bonchev–Trinajstić information content (AvgIpc) is 3.23. The number of benzene rings is 1. The summed E-state index contributed by atoms with van der Waals surface area (Å²) in [6.07, 6.45) is 3.85. The molecule has 2 aromatic heterocycles. The first-order chi connectivity index (χ1) is 19.4. The molecule has 224 valence electrons. The number of hydrogen-bond acceptors (Lipinski definition) is 12. The molecule has 11 nitrogen and oxygen atoms in total. The molecule has 1 aliphatic heterocycles. The van der Waals surface area contributed by atoms with E-state index in [1.54, 1.807) is 9.36 Å². The van der Waals surface area contributed by atoms with Crippen molar-refractivity contribution in [2.24, 2.45) is 4.99 Å². The summed E-state index contributed by atoms with van der Waals surface area (Å²) in [5.74, 6) is 0.310. The van der Waals surface area contributed by atoms with Crippen molar-refractivity contribution in [2.45, 2.75) is 69.2 Å². The number of carbonyl (C=O) groups is 1. The third-order valence-corrected chi connectivity index (χ3v) is 8.17. The van der Waals surface area contributed by atoms with Gasteiger partial charge in [-0.25, -0.2) is 14.1 Å². The number of ether oxygens (including phenoxy) is 1. The van der Waals surface area contributed by atoms with Crippen molar-refractivity contribution >= 4 is 70.0 Å². The minimum Gasteiger partial charge on any atom is -0.468 e. The van der Waals surface area contributed by atoms with Crippen molar-refractivity contribution in [3.63, 3.8) is 0 Å². The van der Waals surface area contributed by atoms with Crippen LogP contribution in [0.4, 0.5) is 22.0 Å². The molecule has 0 radical (unpaired) electrons. The Hall–Kier alpha value is -2.62. The van der Waals surface area contributed by atoms with Crippen LogP contribution in [-0.4, -0.2) is 61.5 Å². The number of nitrogens with one attached hydrogen (secondary N) is 2. The highest BCUT2D eigenvalue weighted by Crippen LogP contribution is 2.33. The standard InChI is InChI=1S/C15H15ClFN3O3S2.C10H19N5S/c1-23-13(21)8-24-12-7-11(10(17)6-9(12)16)18-14-19-4-2-3-5-20(19)15(22)25-14;1-6-11-7-12-8(15-10(2,3)4)14-9(13-7)16-5/h6-7H,2-5,8H2,1H3;6H2,1-5H3,(H2,11,12,13,14,15). The van der Waals surface area contributed by atoms with Gasteiger partial charge in [0.25, 0.3) is 0 Å². The molecule has 4 rings (SSSR count). The lowest BCUT2D eigenvalue weighted by atomic mass is 10.1. The lowest BCUT2D eigenvalue weighted by Crippen LogP contribution is -2.31. The predicted molar refractivity (Wildman–Crippen MR) is 164 cm³/mol. The van der Waals surface area contributed by atoms with Crippen LogP contribution in [0.15, 0.2) is 32.0 Å². The smallest absolute Gasteiger partial charge is 0.325 e. The van der Waals surface area contributed by atoms with Crippen LogP contribution in [0.2, 0.25) is 5.02 Å². The lowest BCUT2D eigenvalue weighted by molar-refractivity contribution is -0.137. The number of aromatic nitrogens is 5. The topological polar surface area (TPSA) is 128 Å². The first-order valence-corrected chi connectivity index (χ1v) is 16.2. The summed E-state index contributed by atoms with van der Waals surface area (Å²) in [5.41, 5.74) is 0.0278. The van der Waals surface area contributed by atoms with Gasteiger partial charge >= 0.3 is 10.8 Å². The molecule has 0 fully saturated rings. The Balaban J connectivity index is 0.000000250. The van der Waals surface area contributed by atoms with Crippen molar-refractivity contribution < 1.29 is 13.9 Å². The number of nitrogens with zero attached hydrogens (tertiary/aromatic N) is 6. The molecule has 0 atom stereocenters. The molecule has 3 heterocycles. The number of anilines is 2. The summed E-state index contributed by atoms with van der Waals surface area (Å²) in [6.45, 7) is 10.4. The fourth-order valence-electron chi connectivity index (χ4n) is 3.51. The molecular weight excluding hydrogens is 611 g/mol. The minimum atomic E-state index is -0.580. The first-order valence-electron chi connectivity index (χ1n) is 12.8. The van der Waals surface area contributed by atoms with Crippen LogP contribution in [0.25, 0.3) is 0 Å². The molecule has 3 aromatic rings. The SMILES string of the molecule is CCNc1nc(NC(C)(C)C)nc(SC)n1.COC(=O)CSc1cc(N=c2sc(=O)n3n2CCCC3)c(F)cc1Cl. The summed E-state index contributed by atoms with van der Waals surface area (Å²) in [7, 11) is 1.30. The summed E-state index contributed by atoms with van der Waals surface area (Å²) < 4.78 is 22.3. The fourth-order valence-corrected chi connectivity index (χ4v) is 5.85. The molecule has 0 spiro atoms. The molecule has 0 saturated carbocycles. The van der Waals surface area contributed by atoms with Gasteiger partial charge in [-0.1, -0.05) is 23.4 Å². The van der Waals surface area contributed by atoms with Crippen molar-refractivity contribution in [1.29, 1.82) is 0 Å². The van der Waals surface area contributed by atoms with E-state index in [9.17, 15) is 14.0 Å². The highest BCUT2D eigenvalue weighted by molar-refractivity contribution is 8.00. The van der Waals surface area contributed by atoms with E-state index in [2.05, 4.69) is 56.1 Å². The number of esters is 1. The third-order valence-electron chi connectivity index (χ3n) is 5.30. The Bertz CT molecular complexity index is 1490. The van der Waals surface area contributed by atoms with Crippen molar-refractivity contribution in [1.82, 2.24) is 24.3 Å². The minimum absolute atomic E-state index is 0.0550. The number of fused-ring (bicyclic) bond motifs is 1. The van der Waals surface area contributed by atoms with E-state index in [4.69, 9.17) is 11.6 Å². The van der Waals surface area contributed by atoms with Gasteiger partial charge in [-0.2, -0.15) is 15.0 Å². The number of hydrogen-bond donors (Lipinski definition) is 2. The molecular formula is C25H34ClFN8O3S3. The normalized spacial score (nSPS) is 13.2. The van der Waals surface area contributed by atoms with Crippen LogP contribution >= 0.6 is 46.5 Å². The zero-order valence-corrected chi connectivity index (χ0v) is 27.0. The zero-order valence-electron chi connectivity index (χ0n) is 23.8. The van der Waals surface area contributed by atoms with Crippen LogP contribution in [-0.2, 0) is 22.6 Å². The highest BCUT2D eigenvalue weighted by atomic mass is 35.5. The Kier molecular flexibility index (Phi) is 12.1. The molecule has 0 unspecified atom stereocenters. The van der Waals surface area contributed by atoms with Gasteiger partial charge in [0.1, 0.15) is 11.5 Å². The van der Waals surface area contributed by atoms with E-state index in [0.717, 1.165) is 53.7 Å². The summed E-state index contributed by atoms with van der Waals surface area (Å²) in [4.78, 5) is 41.4. The number of methoxy groups -OCH3 is 1. The van der Waals surface area contributed by atoms with E-state index < -0.39 is 11.8 Å². The lowest BCUT2D eigenvalue weighted by Gasteiger charge is -2.20. The van der Waals surface area contributed by atoms with Crippen molar-refractivity contribution in [3.8, 4) is 0 Å². The molecule has 0 saturated heterocycles. The Morgan fingerprint density at radius 2 is 1.88 bits per heavy atom. The molecule has 1 aromatic carbocycles. The van der Waals surface area contributed by atoms with Gasteiger partial charge in [0, 0.05) is 30.1 Å². The second-order valence-corrected chi connectivity index (χ2v) is 12.8. The quantitative estimate of drug-likeness (QED) is 0.254. The molecule has 41 heavy (non-hydrogen) atoms. The maximum Gasteiger partial charge on any atom is 0.325 e. The number of thioether (sulfide) groups is 2. The first kappa shape index (κ1) is 32.9. The van der Waals surface area contributed by atoms with Crippen LogP contribution in [0.3, 0.4) is 0 Å². The molecule has 0 bridgehead atoms. The molecule has 2 N–H and O–H groups in total. The Labute approximate surface area is 255 Å². The van der Waals surface area contributed by atoms with Crippen LogP contribution in [0.5, 0.6) is 0 Å². The monoisotopic (exact) mass is 644 g/mol. The van der Waals surface area contributed by atoms with Crippen LogP contribution < -0.4 is 20.3 Å². The maximum absolute atomic E-state index is 14.3. The molecule has 1 aliphatic rings. The third kappa shape index (κ3) is 9.72. The second kappa shape index (κ2) is 15.0. The van der Waals surface area contributed by atoms with E-state index in [1.807, 2.05) is 13.2 Å². The van der Waals surface area contributed by atoms with E-state index in [-0.39, 0.29) is 26.9 Å². The molecule has 0 aliphatic carbocycles. The Morgan fingerprint density at radius 3 is 2.51 bits per heavy atom. The van der Waals surface area contributed by atoms with E-state index >= 15 is 0 Å². The van der Waals surface area contributed by atoms with Gasteiger partial charge in [-0.05, 0) is 70.3 Å². The largest absolute Gasteiger partial charge is 0.468 e. The number of carbonyl (C=O) groups excluding carboxylic acids is 1. The second-order valence-electron chi connectivity index (χ2n) is 9.69. The molecule has 16 heteroatoms. The zero-order chi connectivity index (χ0) is 30.2. The average molecular weight is 645 g/mol. The molecule has 0 amide bonds. The summed E-state index contributed by atoms with van der Waals surface area (Å²) in [6, 6.07) is 2.64. The maximum atomic E-state index is 14.3.